The van der Waals surface area contributed by atoms with E-state index < -0.39 is 0 Å². The molecule has 0 aliphatic heterocycles. The first-order valence-electron chi connectivity index (χ1n) is 14.0. The highest BCUT2D eigenvalue weighted by Crippen LogP contribution is 2.81. The van der Waals surface area contributed by atoms with E-state index in [1.165, 1.54) is 91.4 Å². The van der Waals surface area contributed by atoms with Crippen LogP contribution < -0.4 is 0 Å². The molecular weight excluding hydrogens is 367 g/mol. The Hall–Kier alpha value is 0.430. The number of hydrogen-bond donors (Lipinski definition) is 0. The minimum atomic E-state index is 0.872. The molecule has 14 aliphatic rings. The zero-order valence-corrected chi connectivity index (χ0v) is 19.1. The first-order chi connectivity index (χ1) is 14.2. The van der Waals surface area contributed by atoms with Gasteiger partial charge in [-0.2, -0.15) is 0 Å². The highest BCUT2D eigenvalue weighted by molar-refractivity contribution is 7.42. The highest BCUT2D eigenvalue weighted by Gasteiger charge is 2.71. The largest absolute Gasteiger partial charge is 0.109 e. The normalized spacial score (nSPS) is 76.1. The van der Waals surface area contributed by atoms with Crippen molar-refractivity contribution < 1.29 is 0 Å². The smallest absolute Gasteiger partial charge is 0.0108 e. The first kappa shape index (κ1) is 16.1. The van der Waals surface area contributed by atoms with Crippen molar-refractivity contribution in [3.8, 4) is 0 Å². The van der Waals surface area contributed by atoms with E-state index in [0.29, 0.717) is 0 Å². The van der Waals surface area contributed by atoms with Gasteiger partial charge in [-0.25, -0.2) is 0 Å². The number of hydrogen-bond acceptors (Lipinski definition) is 0. The van der Waals surface area contributed by atoms with Gasteiger partial charge in [0.2, 0.25) is 0 Å². The van der Waals surface area contributed by atoms with Crippen LogP contribution in [0.25, 0.3) is 0 Å². The Labute approximate surface area is 178 Å². The van der Waals surface area contributed by atoms with E-state index in [1.807, 2.05) is 0 Å². The Morgan fingerprint density at radius 2 is 0.586 bits per heavy atom. The van der Waals surface area contributed by atoms with Crippen LogP contribution in [0.5, 0.6) is 0 Å². The molecule has 0 N–H and O–H groups in total. The van der Waals surface area contributed by atoms with Crippen LogP contribution in [0.3, 0.4) is 0 Å². The predicted octanol–water partition coefficient (Wildman–Crippen LogP) is 6.59. The SMILES string of the molecule is C1C2CC3C4CC5(PC67CC8C9CC%10CC8C(C6)C(C%10)C9C7)CC(C14)C(C2)C3C5. The van der Waals surface area contributed by atoms with Crippen LogP contribution in [0.1, 0.15) is 77.0 Å². The molecule has 14 aliphatic carbocycles. The van der Waals surface area contributed by atoms with Crippen molar-refractivity contribution in [2.24, 2.45) is 82.9 Å². The molecule has 0 saturated heterocycles. The van der Waals surface area contributed by atoms with Crippen molar-refractivity contribution in [3.05, 3.63) is 0 Å². The molecule has 0 aromatic rings. The van der Waals surface area contributed by atoms with E-state index in [-0.39, 0.29) is 0 Å². The molecule has 0 aromatic heterocycles. The van der Waals surface area contributed by atoms with Crippen LogP contribution in [-0.2, 0) is 0 Å². The lowest BCUT2D eigenvalue weighted by molar-refractivity contribution is -0.202. The van der Waals surface area contributed by atoms with Gasteiger partial charge in [0, 0.05) is 0 Å². The van der Waals surface area contributed by atoms with Gasteiger partial charge in [0.25, 0.3) is 0 Å². The molecule has 0 aromatic carbocycles. The fraction of sp³-hybridized carbons (Fsp3) is 1.00. The molecule has 156 valence electrons. The summed E-state index contributed by atoms with van der Waals surface area (Å²) in [7, 11) is 1.40. The molecule has 0 amide bonds. The third kappa shape index (κ3) is 1.69. The minimum absolute atomic E-state index is 0.872. The van der Waals surface area contributed by atoms with Crippen LogP contribution in [-0.4, -0.2) is 10.3 Å². The molecule has 16 bridgehead atoms. The highest BCUT2D eigenvalue weighted by atomic mass is 31.1. The molecule has 1 heteroatoms. The Morgan fingerprint density at radius 3 is 0.828 bits per heavy atom. The molecule has 0 unspecified atom stereocenters. The van der Waals surface area contributed by atoms with Gasteiger partial charge >= 0.3 is 0 Å². The van der Waals surface area contributed by atoms with Crippen molar-refractivity contribution in [1.82, 2.24) is 0 Å². The quantitative estimate of drug-likeness (QED) is 0.454. The molecule has 14 saturated carbocycles. The topological polar surface area (TPSA) is 0 Å². The third-order valence-corrected chi connectivity index (χ3v) is 16.8. The van der Waals surface area contributed by atoms with E-state index in [4.69, 9.17) is 0 Å². The molecular formula is C28H39P. The maximum Gasteiger partial charge on any atom is -0.0108 e. The van der Waals surface area contributed by atoms with Gasteiger partial charge in [-0.05, 0) is 170 Å². The lowest BCUT2D eigenvalue weighted by Crippen LogP contribution is -2.69. The maximum atomic E-state index is 1.73. The zero-order valence-electron chi connectivity index (χ0n) is 18.1. The summed E-state index contributed by atoms with van der Waals surface area (Å²) in [4.78, 5) is 0. The van der Waals surface area contributed by atoms with Gasteiger partial charge in [0.15, 0.2) is 0 Å². The second kappa shape index (κ2) is 4.70. The standard InChI is InChI=1S/C28H39P/c1-13-2-16-21-7-27(8-22(15(1)21)17(3-13)23(16)9-27)29-28-10-24-18-4-14-5-19(24)26(12-28)20(6-14)25(18)11-28/h13-26,29H,1-12H2. The molecule has 14 rings (SSSR count). The monoisotopic (exact) mass is 406 g/mol. The maximum absolute atomic E-state index is 1.73. The van der Waals surface area contributed by atoms with Crippen molar-refractivity contribution in [2.45, 2.75) is 87.4 Å². The Kier molecular flexibility index (Phi) is 2.61. The molecule has 14 fully saturated rings. The summed E-state index contributed by atoms with van der Waals surface area (Å²) in [5, 5.41) is 1.74. The Balaban J connectivity index is 1.02. The fourth-order valence-corrected chi connectivity index (χ4v) is 17.8. The Bertz CT molecular complexity index is 625. The van der Waals surface area contributed by atoms with Crippen LogP contribution >= 0.6 is 8.58 Å². The summed E-state index contributed by atoms with van der Waals surface area (Å²) in [6, 6.07) is 0. The van der Waals surface area contributed by atoms with E-state index >= 15 is 0 Å². The van der Waals surface area contributed by atoms with Crippen molar-refractivity contribution in [2.75, 3.05) is 0 Å². The lowest BCUT2D eigenvalue weighted by atomic mass is 9.35. The third-order valence-electron chi connectivity index (χ3n) is 14.5. The molecule has 0 heterocycles. The van der Waals surface area contributed by atoms with Gasteiger partial charge in [-0.1, -0.05) is 0 Å². The van der Waals surface area contributed by atoms with Crippen molar-refractivity contribution >= 4 is 8.58 Å². The first-order valence-corrected chi connectivity index (χ1v) is 15.0. The summed E-state index contributed by atoms with van der Waals surface area (Å²) in [5.74, 6) is 17.0. The molecule has 29 heavy (non-hydrogen) atoms. The van der Waals surface area contributed by atoms with E-state index in [9.17, 15) is 0 Å². The van der Waals surface area contributed by atoms with E-state index in [2.05, 4.69) is 0 Å². The zero-order chi connectivity index (χ0) is 18.3. The summed E-state index contributed by atoms with van der Waals surface area (Å²) < 4.78 is 0. The summed E-state index contributed by atoms with van der Waals surface area (Å²) in [6.45, 7) is 0. The van der Waals surface area contributed by atoms with Gasteiger partial charge in [0.05, 0.1) is 0 Å². The van der Waals surface area contributed by atoms with Gasteiger partial charge < -0.3 is 0 Å². The van der Waals surface area contributed by atoms with E-state index in [1.54, 1.807) is 77.0 Å². The summed E-state index contributed by atoms with van der Waals surface area (Å²) in [5.41, 5.74) is 0. The Morgan fingerprint density at radius 1 is 0.345 bits per heavy atom. The lowest BCUT2D eigenvalue weighted by Gasteiger charge is -2.76. The molecule has 0 spiro atoms. The van der Waals surface area contributed by atoms with Crippen molar-refractivity contribution in [1.29, 1.82) is 0 Å². The molecule has 0 atom stereocenters. The van der Waals surface area contributed by atoms with E-state index in [0.717, 1.165) is 10.3 Å². The second-order valence-electron chi connectivity index (χ2n) is 15.0. The summed E-state index contributed by atoms with van der Waals surface area (Å²) >= 11 is 0. The van der Waals surface area contributed by atoms with Gasteiger partial charge in [-0.3, -0.25) is 0 Å². The van der Waals surface area contributed by atoms with Gasteiger partial charge in [0.1, 0.15) is 0 Å². The van der Waals surface area contributed by atoms with Gasteiger partial charge in [-0.15, -0.1) is 8.58 Å². The molecule has 0 radical (unpaired) electrons. The average Bonchev–Trinajstić information content (AvgIpc) is 2.73. The van der Waals surface area contributed by atoms with Crippen LogP contribution in [0.4, 0.5) is 0 Å². The van der Waals surface area contributed by atoms with Crippen molar-refractivity contribution in [3.63, 3.8) is 0 Å². The van der Waals surface area contributed by atoms with Crippen LogP contribution in [0.15, 0.2) is 0 Å². The minimum Gasteiger partial charge on any atom is -0.109 e. The predicted molar refractivity (Wildman–Crippen MR) is 118 cm³/mol. The van der Waals surface area contributed by atoms with Crippen LogP contribution in [0.2, 0.25) is 0 Å². The second-order valence-corrected chi connectivity index (χ2v) is 17.4. The number of rotatable bonds is 2. The summed E-state index contributed by atoms with van der Waals surface area (Å²) in [6.07, 6.45) is 20.4. The fourth-order valence-electron chi connectivity index (χ4n) is 14.7. The average molecular weight is 407 g/mol. The van der Waals surface area contributed by atoms with Crippen LogP contribution in [0, 0.1) is 82.9 Å². The molecule has 0 nitrogen and oxygen atoms in total.